The zero-order valence-corrected chi connectivity index (χ0v) is 9.43. The van der Waals surface area contributed by atoms with Crippen LogP contribution in [0.1, 0.15) is 44.9 Å². The van der Waals surface area contributed by atoms with Crippen LogP contribution in [0.25, 0.3) is 0 Å². The number of carbonyl (C=O) groups excluding carboxylic acids is 1. The normalized spacial score (nSPS) is 21.9. The first-order valence-corrected chi connectivity index (χ1v) is 6.34. The van der Waals surface area contributed by atoms with Gasteiger partial charge < -0.3 is 10.6 Å². The summed E-state index contributed by atoms with van der Waals surface area (Å²) in [7, 11) is 0. The molecule has 0 aromatic rings. The number of hydrogen-bond donors (Lipinski definition) is 2. The lowest BCUT2D eigenvalue weighted by molar-refractivity contribution is -0.121. The number of carbonyl (C=O) groups is 1. The van der Waals surface area contributed by atoms with Crippen LogP contribution in [0.3, 0.4) is 0 Å². The van der Waals surface area contributed by atoms with Gasteiger partial charge in [0.1, 0.15) is 0 Å². The van der Waals surface area contributed by atoms with Gasteiger partial charge in [0.25, 0.3) is 0 Å². The molecule has 15 heavy (non-hydrogen) atoms. The SMILES string of the molecule is O=C(CCNC1CC1)NCC1CCCC1. The Kier molecular flexibility index (Phi) is 4.01. The fourth-order valence-electron chi connectivity index (χ4n) is 2.24. The van der Waals surface area contributed by atoms with Gasteiger partial charge in [-0.05, 0) is 31.6 Å². The van der Waals surface area contributed by atoms with E-state index in [0.29, 0.717) is 12.5 Å². The Morgan fingerprint density at radius 1 is 1.13 bits per heavy atom. The molecule has 2 aliphatic rings. The van der Waals surface area contributed by atoms with Crippen LogP contribution >= 0.6 is 0 Å². The van der Waals surface area contributed by atoms with Gasteiger partial charge in [-0.3, -0.25) is 4.79 Å². The molecule has 0 spiro atoms. The van der Waals surface area contributed by atoms with Crippen molar-refractivity contribution in [2.45, 2.75) is 51.0 Å². The van der Waals surface area contributed by atoms with Crippen LogP contribution < -0.4 is 10.6 Å². The average Bonchev–Trinajstić information content (AvgIpc) is 2.91. The molecule has 0 aromatic heterocycles. The summed E-state index contributed by atoms with van der Waals surface area (Å²) in [5.74, 6) is 0.973. The quantitative estimate of drug-likeness (QED) is 0.696. The van der Waals surface area contributed by atoms with Crippen LogP contribution in [-0.4, -0.2) is 25.0 Å². The number of nitrogens with one attached hydrogen (secondary N) is 2. The van der Waals surface area contributed by atoms with Crippen molar-refractivity contribution >= 4 is 5.91 Å². The molecule has 0 bridgehead atoms. The Hall–Kier alpha value is -0.570. The standard InChI is InChI=1S/C12H22N2O/c15-12(7-8-13-11-5-6-11)14-9-10-3-1-2-4-10/h10-11,13H,1-9H2,(H,14,15). The lowest BCUT2D eigenvalue weighted by Gasteiger charge is -2.10. The Morgan fingerprint density at radius 3 is 2.53 bits per heavy atom. The third-order valence-corrected chi connectivity index (χ3v) is 3.43. The number of amides is 1. The summed E-state index contributed by atoms with van der Waals surface area (Å²) in [5.41, 5.74) is 0. The van der Waals surface area contributed by atoms with E-state index in [1.807, 2.05) is 0 Å². The van der Waals surface area contributed by atoms with Crippen molar-refractivity contribution in [1.29, 1.82) is 0 Å². The number of rotatable bonds is 6. The van der Waals surface area contributed by atoms with Gasteiger partial charge in [-0.1, -0.05) is 12.8 Å². The number of hydrogen-bond acceptors (Lipinski definition) is 2. The van der Waals surface area contributed by atoms with Gasteiger partial charge in [0.15, 0.2) is 0 Å². The third kappa shape index (κ3) is 4.20. The molecule has 2 rings (SSSR count). The molecule has 0 aromatic carbocycles. The topological polar surface area (TPSA) is 41.1 Å². The first kappa shape index (κ1) is 10.9. The van der Waals surface area contributed by atoms with Crippen molar-refractivity contribution in [3.05, 3.63) is 0 Å². The van der Waals surface area contributed by atoms with E-state index >= 15 is 0 Å². The zero-order valence-electron chi connectivity index (χ0n) is 9.43. The highest BCUT2D eigenvalue weighted by molar-refractivity contribution is 5.76. The Bertz CT molecular complexity index is 208. The van der Waals surface area contributed by atoms with Crippen molar-refractivity contribution in [2.24, 2.45) is 5.92 Å². The Labute approximate surface area is 92.0 Å². The Morgan fingerprint density at radius 2 is 1.87 bits per heavy atom. The van der Waals surface area contributed by atoms with Crippen LogP contribution in [0, 0.1) is 5.92 Å². The maximum Gasteiger partial charge on any atom is 0.221 e. The lowest BCUT2D eigenvalue weighted by atomic mass is 10.1. The maximum absolute atomic E-state index is 11.5. The molecule has 0 atom stereocenters. The molecule has 0 saturated heterocycles. The zero-order chi connectivity index (χ0) is 10.5. The summed E-state index contributed by atoms with van der Waals surface area (Å²) in [5, 5.41) is 6.39. The van der Waals surface area contributed by atoms with E-state index in [9.17, 15) is 4.79 Å². The third-order valence-electron chi connectivity index (χ3n) is 3.43. The molecule has 2 saturated carbocycles. The molecule has 2 aliphatic carbocycles. The minimum atomic E-state index is 0.218. The summed E-state index contributed by atoms with van der Waals surface area (Å²) in [4.78, 5) is 11.5. The molecule has 0 heterocycles. The van der Waals surface area contributed by atoms with Gasteiger partial charge in [-0.15, -0.1) is 0 Å². The molecule has 2 N–H and O–H groups in total. The summed E-state index contributed by atoms with van der Waals surface area (Å²) in [6.45, 7) is 1.75. The predicted molar refractivity (Wildman–Crippen MR) is 60.6 cm³/mol. The van der Waals surface area contributed by atoms with Crippen molar-refractivity contribution in [2.75, 3.05) is 13.1 Å². The molecule has 0 radical (unpaired) electrons. The minimum Gasteiger partial charge on any atom is -0.356 e. The van der Waals surface area contributed by atoms with E-state index in [-0.39, 0.29) is 5.91 Å². The van der Waals surface area contributed by atoms with Crippen molar-refractivity contribution in [3.8, 4) is 0 Å². The molecule has 0 aliphatic heterocycles. The van der Waals surface area contributed by atoms with Gasteiger partial charge in [0.2, 0.25) is 5.91 Å². The van der Waals surface area contributed by atoms with Gasteiger partial charge >= 0.3 is 0 Å². The average molecular weight is 210 g/mol. The van der Waals surface area contributed by atoms with E-state index in [1.165, 1.54) is 38.5 Å². The van der Waals surface area contributed by atoms with E-state index in [2.05, 4.69) is 10.6 Å². The van der Waals surface area contributed by atoms with Crippen LogP contribution in [0.2, 0.25) is 0 Å². The summed E-state index contributed by atoms with van der Waals surface area (Å²) >= 11 is 0. The van der Waals surface area contributed by atoms with Gasteiger partial charge in [-0.2, -0.15) is 0 Å². The molecule has 2 fully saturated rings. The van der Waals surface area contributed by atoms with E-state index < -0.39 is 0 Å². The van der Waals surface area contributed by atoms with Gasteiger partial charge in [0, 0.05) is 25.6 Å². The second-order valence-corrected chi connectivity index (χ2v) is 4.93. The van der Waals surface area contributed by atoms with Crippen LogP contribution in [0.15, 0.2) is 0 Å². The van der Waals surface area contributed by atoms with E-state index in [1.54, 1.807) is 0 Å². The highest BCUT2D eigenvalue weighted by Crippen LogP contribution is 2.23. The van der Waals surface area contributed by atoms with Crippen LogP contribution in [-0.2, 0) is 4.79 Å². The summed E-state index contributed by atoms with van der Waals surface area (Å²) < 4.78 is 0. The smallest absolute Gasteiger partial charge is 0.221 e. The Balaban J connectivity index is 1.47. The molecular weight excluding hydrogens is 188 g/mol. The summed E-state index contributed by atoms with van der Waals surface area (Å²) in [6, 6.07) is 0.715. The predicted octanol–water partition coefficient (Wildman–Crippen LogP) is 1.43. The monoisotopic (exact) mass is 210 g/mol. The molecule has 3 heteroatoms. The van der Waals surface area contributed by atoms with Crippen LogP contribution in [0.4, 0.5) is 0 Å². The maximum atomic E-state index is 11.5. The highest BCUT2D eigenvalue weighted by Gasteiger charge is 2.20. The van der Waals surface area contributed by atoms with Crippen molar-refractivity contribution in [1.82, 2.24) is 10.6 Å². The summed E-state index contributed by atoms with van der Waals surface area (Å²) in [6.07, 6.45) is 8.55. The van der Waals surface area contributed by atoms with Crippen molar-refractivity contribution in [3.63, 3.8) is 0 Å². The first-order valence-electron chi connectivity index (χ1n) is 6.34. The molecular formula is C12H22N2O. The van der Waals surface area contributed by atoms with Gasteiger partial charge in [-0.25, -0.2) is 0 Å². The molecule has 86 valence electrons. The second-order valence-electron chi connectivity index (χ2n) is 4.93. The fraction of sp³-hybridized carbons (Fsp3) is 0.917. The fourth-order valence-corrected chi connectivity index (χ4v) is 2.24. The van der Waals surface area contributed by atoms with Gasteiger partial charge in [0.05, 0.1) is 0 Å². The first-order chi connectivity index (χ1) is 7.34. The molecule has 1 amide bonds. The molecule has 3 nitrogen and oxygen atoms in total. The van der Waals surface area contributed by atoms with Crippen molar-refractivity contribution < 1.29 is 4.79 Å². The van der Waals surface area contributed by atoms with E-state index in [0.717, 1.165) is 19.0 Å². The molecule has 0 unspecified atom stereocenters. The largest absolute Gasteiger partial charge is 0.356 e. The van der Waals surface area contributed by atoms with E-state index in [4.69, 9.17) is 0 Å². The van der Waals surface area contributed by atoms with Crippen LogP contribution in [0.5, 0.6) is 0 Å². The second kappa shape index (κ2) is 5.50. The lowest BCUT2D eigenvalue weighted by Crippen LogP contribution is -2.31. The minimum absolute atomic E-state index is 0.218. The highest BCUT2D eigenvalue weighted by atomic mass is 16.1.